The van der Waals surface area contributed by atoms with Crippen LogP contribution in [0.25, 0.3) is 0 Å². The Morgan fingerprint density at radius 2 is 1.83 bits per heavy atom. The molecule has 0 aliphatic carbocycles. The number of nitrogens with zero attached hydrogens (tertiary/aromatic N) is 1. The van der Waals surface area contributed by atoms with E-state index in [9.17, 15) is 4.79 Å². The van der Waals surface area contributed by atoms with Crippen molar-refractivity contribution in [1.82, 2.24) is 10.2 Å². The third-order valence-electron chi connectivity index (χ3n) is 2.77. The molecule has 1 aliphatic heterocycles. The molecular weight excluding hydrogens is 152 g/mol. The van der Waals surface area contributed by atoms with Crippen LogP contribution in [0.5, 0.6) is 0 Å². The summed E-state index contributed by atoms with van der Waals surface area (Å²) in [4.78, 5) is 13.5. The van der Waals surface area contributed by atoms with Crippen LogP contribution in [0.1, 0.15) is 20.8 Å². The lowest BCUT2D eigenvalue weighted by atomic mass is 9.97. The Morgan fingerprint density at radius 1 is 1.33 bits per heavy atom. The molecule has 12 heavy (non-hydrogen) atoms. The molecule has 0 spiro atoms. The van der Waals surface area contributed by atoms with Crippen LogP contribution in [-0.2, 0) is 4.79 Å². The fourth-order valence-electron chi connectivity index (χ4n) is 1.45. The Balaban J connectivity index is 2.59. The van der Waals surface area contributed by atoms with Crippen molar-refractivity contribution in [3.63, 3.8) is 0 Å². The molecular formula is C9H18N2O. The number of piperazine rings is 1. The minimum atomic E-state index is -0.276. The van der Waals surface area contributed by atoms with E-state index in [2.05, 4.69) is 10.2 Å². The van der Waals surface area contributed by atoms with Crippen LogP contribution >= 0.6 is 0 Å². The highest BCUT2D eigenvalue weighted by Crippen LogP contribution is 2.15. The summed E-state index contributed by atoms with van der Waals surface area (Å²) in [7, 11) is 0. The highest BCUT2D eigenvalue weighted by molar-refractivity contribution is 5.85. The molecule has 1 saturated heterocycles. The van der Waals surface area contributed by atoms with Crippen LogP contribution in [0, 0.1) is 0 Å². The molecule has 0 unspecified atom stereocenters. The Hall–Kier alpha value is -0.410. The average molecular weight is 170 g/mol. The number of hydrogen-bond acceptors (Lipinski definition) is 3. The Morgan fingerprint density at radius 3 is 2.25 bits per heavy atom. The molecule has 0 amide bonds. The minimum Gasteiger partial charge on any atom is -0.314 e. The fourth-order valence-corrected chi connectivity index (χ4v) is 1.45. The zero-order chi connectivity index (χ0) is 9.19. The van der Waals surface area contributed by atoms with Crippen LogP contribution in [0.2, 0.25) is 0 Å². The van der Waals surface area contributed by atoms with Crippen molar-refractivity contribution in [3.05, 3.63) is 0 Å². The van der Waals surface area contributed by atoms with E-state index in [1.165, 1.54) is 0 Å². The number of carbonyl (C=O) groups excluding carboxylic acids is 1. The summed E-state index contributed by atoms with van der Waals surface area (Å²) in [6.07, 6.45) is 0. The van der Waals surface area contributed by atoms with E-state index >= 15 is 0 Å². The topological polar surface area (TPSA) is 32.3 Å². The van der Waals surface area contributed by atoms with Crippen molar-refractivity contribution in [2.24, 2.45) is 0 Å². The van der Waals surface area contributed by atoms with Gasteiger partial charge in [0.2, 0.25) is 0 Å². The number of hydrogen-bond donors (Lipinski definition) is 1. The monoisotopic (exact) mass is 170 g/mol. The molecule has 1 fully saturated rings. The van der Waals surface area contributed by atoms with Crippen molar-refractivity contribution in [1.29, 1.82) is 0 Å². The fraction of sp³-hybridized carbons (Fsp3) is 0.889. The van der Waals surface area contributed by atoms with Crippen LogP contribution in [0.4, 0.5) is 0 Å². The zero-order valence-corrected chi connectivity index (χ0v) is 8.18. The Bertz CT molecular complexity index is 171. The third-order valence-corrected chi connectivity index (χ3v) is 2.77. The summed E-state index contributed by atoms with van der Waals surface area (Å²) in [5.74, 6) is 0.254. The van der Waals surface area contributed by atoms with E-state index < -0.39 is 0 Å². The van der Waals surface area contributed by atoms with Crippen molar-refractivity contribution >= 4 is 5.78 Å². The van der Waals surface area contributed by atoms with Crippen LogP contribution < -0.4 is 5.32 Å². The molecule has 0 saturated carbocycles. The van der Waals surface area contributed by atoms with Gasteiger partial charge in [0.15, 0.2) is 0 Å². The molecule has 1 aliphatic rings. The second kappa shape index (κ2) is 3.54. The second-order valence-electron chi connectivity index (χ2n) is 3.85. The first kappa shape index (κ1) is 9.68. The van der Waals surface area contributed by atoms with E-state index in [0.29, 0.717) is 0 Å². The summed E-state index contributed by atoms with van der Waals surface area (Å²) in [5, 5.41) is 3.27. The summed E-state index contributed by atoms with van der Waals surface area (Å²) >= 11 is 0. The van der Waals surface area contributed by atoms with Gasteiger partial charge in [-0.1, -0.05) is 0 Å². The van der Waals surface area contributed by atoms with E-state index in [4.69, 9.17) is 0 Å². The van der Waals surface area contributed by atoms with E-state index in [1.807, 2.05) is 13.8 Å². The van der Waals surface area contributed by atoms with Gasteiger partial charge >= 0.3 is 0 Å². The predicted molar refractivity (Wildman–Crippen MR) is 49.2 cm³/mol. The Labute approximate surface area is 74.1 Å². The molecule has 1 N–H and O–H groups in total. The molecule has 70 valence electrons. The average Bonchev–Trinajstić information content (AvgIpc) is 2.06. The molecule has 1 heterocycles. The highest BCUT2D eigenvalue weighted by atomic mass is 16.1. The molecule has 0 radical (unpaired) electrons. The first-order chi connectivity index (χ1) is 5.55. The van der Waals surface area contributed by atoms with Crippen molar-refractivity contribution in [2.45, 2.75) is 26.3 Å². The quantitative estimate of drug-likeness (QED) is 0.645. The predicted octanol–water partition coefficient (Wildman–Crippen LogP) is 0.259. The lowest BCUT2D eigenvalue weighted by molar-refractivity contribution is -0.127. The lowest BCUT2D eigenvalue weighted by Gasteiger charge is -2.39. The molecule has 0 atom stereocenters. The normalized spacial score (nSPS) is 20.9. The maximum absolute atomic E-state index is 11.3. The summed E-state index contributed by atoms with van der Waals surface area (Å²) < 4.78 is 0. The summed E-state index contributed by atoms with van der Waals surface area (Å²) in [6.45, 7) is 9.62. The summed E-state index contributed by atoms with van der Waals surface area (Å²) in [6, 6.07) is 0. The molecule has 1 rings (SSSR count). The first-order valence-electron chi connectivity index (χ1n) is 4.52. The number of Topliss-reactive ketones (excluding diaryl/α,β-unsaturated/α-hetero) is 1. The van der Waals surface area contributed by atoms with Gasteiger partial charge in [-0.05, 0) is 20.8 Å². The van der Waals surface area contributed by atoms with Gasteiger partial charge in [-0.25, -0.2) is 0 Å². The first-order valence-corrected chi connectivity index (χ1v) is 4.52. The van der Waals surface area contributed by atoms with Crippen molar-refractivity contribution < 1.29 is 4.79 Å². The molecule has 0 aromatic carbocycles. The maximum atomic E-state index is 11.3. The number of carbonyl (C=O) groups is 1. The highest BCUT2D eigenvalue weighted by Gasteiger charge is 2.31. The lowest BCUT2D eigenvalue weighted by Crippen LogP contribution is -2.56. The van der Waals surface area contributed by atoms with Crippen molar-refractivity contribution in [2.75, 3.05) is 26.2 Å². The van der Waals surface area contributed by atoms with E-state index in [1.54, 1.807) is 6.92 Å². The molecule has 3 heteroatoms. The second-order valence-corrected chi connectivity index (χ2v) is 3.85. The van der Waals surface area contributed by atoms with Gasteiger partial charge < -0.3 is 5.32 Å². The number of nitrogens with one attached hydrogen (secondary N) is 1. The smallest absolute Gasteiger partial charge is 0.149 e. The van der Waals surface area contributed by atoms with Crippen molar-refractivity contribution in [3.8, 4) is 0 Å². The number of ketones is 1. The molecule has 0 aromatic rings. The van der Waals surface area contributed by atoms with Crippen LogP contribution in [-0.4, -0.2) is 42.4 Å². The van der Waals surface area contributed by atoms with E-state index in [0.717, 1.165) is 26.2 Å². The van der Waals surface area contributed by atoms with Crippen LogP contribution in [0.3, 0.4) is 0 Å². The van der Waals surface area contributed by atoms with Gasteiger partial charge in [0.25, 0.3) is 0 Å². The third kappa shape index (κ3) is 1.84. The summed E-state index contributed by atoms with van der Waals surface area (Å²) in [5.41, 5.74) is -0.276. The molecule has 3 nitrogen and oxygen atoms in total. The maximum Gasteiger partial charge on any atom is 0.149 e. The van der Waals surface area contributed by atoms with Gasteiger partial charge in [0.1, 0.15) is 5.78 Å². The molecule has 0 aromatic heterocycles. The standard InChI is InChI=1S/C9H18N2O/c1-8(12)9(2,3)11-6-4-10-5-7-11/h10H,4-7H2,1-3H3. The van der Waals surface area contributed by atoms with Gasteiger partial charge in [-0.3, -0.25) is 9.69 Å². The number of rotatable bonds is 2. The molecule has 0 bridgehead atoms. The van der Waals surface area contributed by atoms with Crippen LogP contribution in [0.15, 0.2) is 0 Å². The zero-order valence-electron chi connectivity index (χ0n) is 8.18. The SMILES string of the molecule is CC(=O)C(C)(C)N1CCNCC1. The van der Waals surface area contributed by atoms with Gasteiger partial charge in [-0.15, -0.1) is 0 Å². The largest absolute Gasteiger partial charge is 0.314 e. The minimum absolute atomic E-state index is 0.254. The van der Waals surface area contributed by atoms with Gasteiger partial charge in [-0.2, -0.15) is 0 Å². The Kier molecular flexibility index (Phi) is 2.85. The van der Waals surface area contributed by atoms with Gasteiger partial charge in [0.05, 0.1) is 5.54 Å². The van der Waals surface area contributed by atoms with E-state index in [-0.39, 0.29) is 11.3 Å². The van der Waals surface area contributed by atoms with Gasteiger partial charge in [0, 0.05) is 26.2 Å².